The van der Waals surface area contributed by atoms with E-state index < -0.39 is 0 Å². The van der Waals surface area contributed by atoms with Gasteiger partial charge in [0.1, 0.15) is 0 Å². The van der Waals surface area contributed by atoms with E-state index >= 15 is 0 Å². The highest BCUT2D eigenvalue weighted by Gasteiger charge is 2.40. The molecule has 2 unspecified atom stereocenters. The molecule has 5 rings (SSSR count). The van der Waals surface area contributed by atoms with Crippen molar-refractivity contribution < 1.29 is 14.4 Å². The molecule has 3 aliphatic rings. The number of ketones is 1. The molecule has 168 valence electrons. The molecule has 0 N–H and O–H groups in total. The molecule has 2 atom stereocenters. The fourth-order valence-electron chi connectivity index (χ4n) is 5.69. The van der Waals surface area contributed by atoms with Crippen LogP contribution in [-0.4, -0.2) is 57.6 Å². The quantitative estimate of drug-likeness (QED) is 0.549. The molecule has 1 aromatic carbocycles. The number of carbonyl (C=O) groups is 3. The normalized spacial score (nSPS) is 22.4. The summed E-state index contributed by atoms with van der Waals surface area (Å²) < 4.78 is 2.94. The fraction of sp³-hybridized carbons (Fsp3) is 0.480. The summed E-state index contributed by atoms with van der Waals surface area (Å²) in [6.07, 6.45) is 7.68. The number of halogens is 1. The van der Waals surface area contributed by atoms with Crippen molar-refractivity contribution in [2.45, 2.75) is 44.7 Å². The van der Waals surface area contributed by atoms with Crippen LogP contribution in [0, 0.1) is 11.8 Å². The molecule has 0 radical (unpaired) electrons. The molecule has 2 bridgehead atoms. The van der Waals surface area contributed by atoms with Crippen LogP contribution in [0.5, 0.6) is 0 Å². The van der Waals surface area contributed by atoms with Gasteiger partial charge in [0.05, 0.1) is 13.0 Å². The number of aromatic nitrogens is 1. The lowest BCUT2D eigenvalue weighted by Crippen LogP contribution is -2.50. The van der Waals surface area contributed by atoms with Crippen LogP contribution in [0.3, 0.4) is 0 Å². The number of hydrogen-bond donors (Lipinski definition) is 0. The maximum absolute atomic E-state index is 13.1. The van der Waals surface area contributed by atoms with E-state index in [1.54, 1.807) is 4.90 Å². The third-order valence-electron chi connectivity index (χ3n) is 7.30. The Labute approximate surface area is 196 Å². The van der Waals surface area contributed by atoms with E-state index in [1.807, 2.05) is 29.0 Å². The average molecular weight is 498 g/mol. The standard InChI is InChI=1S/C25H28BrN3O3/c1-2-24(31)28-11-17(12-28)8-21(30)15-27-14-18(22-10-19(26)4-6-23(22)27)9-25(32)29-13-16-3-5-20(29)7-16/h2,4,6,10,14,16-17,20H,1,3,5,7-9,11-13,15H2. The van der Waals surface area contributed by atoms with E-state index in [0.29, 0.717) is 37.9 Å². The van der Waals surface area contributed by atoms with Crippen molar-refractivity contribution in [3.63, 3.8) is 0 Å². The summed E-state index contributed by atoms with van der Waals surface area (Å²) >= 11 is 3.55. The van der Waals surface area contributed by atoms with Crippen LogP contribution in [0.4, 0.5) is 0 Å². The zero-order chi connectivity index (χ0) is 22.4. The number of Topliss-reactive ketones (excluding diaryl/α,β-unsaturated/α-hetero) is 1. The largest absolute Gasteiger partial charge is 0.340 e. The molecule has 0 spiro atoms. The molecular weight excluding hydrogens is 470 g/mol. The molecule has 7 heteroatoms. The van der Waals surface area contributed by atoms with Crippen molar-refractivity contribution in [1.82, 2.24) is 14.4 Å². The van der Waals surface area contributed by atoms with E-state index in [1.165, 1.54) is 12.5 Å². The minimum atomic E-state index is -0.0730. The van der Waals surface area contributed by atoms with Gasteiger partial charge in [0, 0.05) is 59.6 Å². The minimum Gasteiger partial charge on any atom is -0.340 e. The number of amides is 2. The van der Waals surface area contributed by atoms with Crippen LogP contribution in [-0.2, 0) is 27.3 Å². The second-order valence-corrected chi connectivity index (χ2v) is 10.5. The van der Waals surface area contributed by atoms with Crippen molar-refractivity contribution in [2.75, 3.05) is 19.6 Å². The molecule has 3 heterocycles. The molecular formula is C25H28BrN3O3. The summed E-state index contributed by atoms with van der Waals surface area (Å²) in [6.45, 7) is 5.93. The second-order valence-electron chi connectivity index (χ2n) is 9.56. The molecule has 3 fully saturated rings. The summed E-state index contributed by atoms with van der Waals surface area (Å²) in [4.78, 5) is 41.2. The maximum atomic E-state index is 13.1. The average Bonchev–Trinajstić information content (AvgIpc) is 3.45. The Balaban J connectivity index is 1.28. The highest BCUT2D eigenvalue weighted by Crippen LogP contribution is 2.38. The molecule has 6 nitrogen and oxygen atoms in total. The van der Waals surface area contributed by atoms with Crippen LogP contribution in [0.25, 0.3) is 10.9 Å². The van der Waals surface area contributed by atoms with Gasteiger partial charge in [-0.15, -0.1) is 0 Å². The van der Waals surface area contributed by atoms with Gasteiger partial charge >= 0.3 is 0 Å². The van der Waals surface area contributed by atoms with Crippen LogP contribution in [0.2, 0.25) is 0 Å². The summed E-state index contributed by atoms with van der Waals surface area (Å²) in [5, 5.41) is 1.02. The first-order valence-electron chi connectivity index (χ1n) is 11.4. The van der Waals surface area contributed by atoms with E-state index in [4.69, 9.17) is 0 Å². The smallest absolute Gasteiger partial charge is 0.245 e. The first-order chi connectivity index (χ1) is 15.4. The fourth-order valence-corrected chi connectivity index (χ4v) is 6.06. The number of rotatable bonds is 7. The SMILES string of the molecule is C=CC(=O)N1CC(CC(=O)Cn2cc(CC(=O)N3CC4CCC3C4)c3cc(Br)ccc32)C1. The Morgan fingerprint density at radius 2 is 1.97 bits per heavy atom. The van der Waals surface area contributed by atoms with Gasteiger partial charge in [-0.2, -0.15) is 0 Å². The molecule has 1 aromatic heterocycles. The van der Waals surface area contributed by atoms with Crippen molar-refractivity contribution in [1.29, 1.82) is 0 Å². The summed E-state index contributed by atoms with van der Waals surface area (Å²) in [6, 6.07) is 6.44. The first kappa shape index (κ1) is 21.4. The van der Waals surface area contributed by atoms with Crippen molar-refractivity contribution in [3.8, 4) is 0 Å². The number of hydrogen-bond acceptors (Lipinski definition) is 3. The number of benzene rings is 1. The second kappa shape index (κ2) is 8.50. The Bertz CT molecular complexity index is 1100. The van der Waals surface area contributed by atoms with E-state index in [0.717, 1.165) is 40.3 Å². The van der Waals surface area contributed by atoms with Gasteiger partial charge in [0.15, 0.2) is 5.78 Å². The summed E-state index contributed by atoms with van der Waals surface area (Å²) in [7, 11) is 0. The predicted molar refractivity (Wildman–Crippen MR) is 126 cm³/mol. The highest BCUT2D eigenvalue weighted by atomic mass is 79.9. The van der Waals surface area contributed by atoms with Crippen LogP contribution < -0.4 is 0 Å². The van der Waals surface area contributed by atoms with Crippen molar-refractivity contribution >= 4 is 44.4 Å². The topological polar surface area (TPSA) is 62.6 Å². The highest BCUT2D eigenvalue weighted by molar-refractivity contribution is 9.10. The van der Waals surface area contributed by atoms with Gasteiger partial charge < -0.3 is 14.4 Å². The number of carbonyl (C=O) groups excluding carboxylic acids is 3. The third-order valence-corrected chi connectivity index (χ3v) is 7.80. The van der Waals surface area contributed by atoms with E-state index in [9.17, 15) is 14.4 Å². The zero-order valence-electron chi connectivity index (χ0n) is 18.1. The van der Waals surface area contributed by atoms with Crippen molar-refractivity contribution in [2.24, 2.45) is 11.8 Å². The van der Waals surface area contributed by atoms with E-state index in [2.05, 4.69) is 27.4 Å². The molecule has 1 saturated carbocycles. The first-order valence-corrected chi connectivity index (χ1v) is 12.2. The lowest BCUT2D eigenvalue weighted by molar-refractivity contribution is -0.134. The molecule has 1 aliphatic carbocycles. The monoisotopic (exact) mass is 497 g/mol. The van der Waals surface area contributed by atoms with Crippen LogP contribution in [0.1, 0.15) is 31.2 Å². The Hall–Kier alpha value is -2.41. The van der Waals surface area contributed by atoms with Crippen LogP contribution >= 0.6 is 15.9 Å². The lowest BCUT2D eigenvalue weighted by atomic mass is 9.94. The Morgan fingerprint density at radius 1 is 1.16 bits per heavy atom. The number of likely N-dealkylation sites (tertiary alicyclic amines) is 2. The maximum Gasteiger partial charge on any atom is 0.245 e. The number of nitrogens with zero attached hydrogens (tertiary/aromatic N) is 3. The van der Waals surface area contributed by atoms with E-state index in [-0.39, 0.29) is 30.1 Å². The molecule has 2 aliphatic heterocycles. The molecule has 2 aromatic rings. The van der Waals surface area contributed by atoms with Gasteiger partial charge in [-0.05, 0) is 55.0 Å². The van der Waals surface area contributed by atoms with Crippen LogP contribution in [0.15, 0.2) is 41.5 Å². The zero-order valence-corrected chi connectivity index (χ0v) is 19.7. The lowest BCUT2D eigenvalue weighted by Gasteiger charge is -2.38. The minimum absolute atomic E-state index is 0.0730. The molecule has 2 saturated heterocycles. The molecule has 32 heavy (non-hydrogen) atoms. The van der Waals surface area contributed by atoms with Gasteiger partial charge in [-0.25, -0.2) is 0 Å². The summed E-state index contributed by atoms with van der Waals surface area (Å²) in [5.74, 6) is 1.17. The van der Waals surface area contributed by atoms with Gasteiger partial charge in [0.25, 0.3) is 0 Å². The Kier molecular flexibility index (Phi) is 5.70. The van der Waals surface area contributed by atoms with Gasteiger partial charge in [-0.3, -0.25) is 14.4 Å². The Morgan fingerprint density at radius 3 is 2.66 bits per heavy atom. The van der Waals surface area contributed by atoms with Crippen molar-refractivity contribution in [3.05, 3.63) is 47.1 Å². The number of fused-ring (bicyclic) bond motifs is 3. The van der Waals surface area contributed by atoms with Gasteiger partial charge in [0.2, 0.25) is 11.8 Å². The predicted octanol–water partition coefficient (Wildman–Crippen LogP) is 3.56. The van der Waals surface area contributed by atoms with Gasteiger partial charge in [-0.1, -0.05) is 22.5 Å². The third kappa shape index (κ3) is 4.03. The molecule has 2 amide bonds. The number of piperidine rings is 1. The summed E-state index contributed by atoms with van der Waals surface area (Å²) in [5.41, 5.74) is 1.96.